The highest BCUT2D eigenvalue weighted by molar-refractivity contribution is 7.85. The van der Waals surface area contributed by atoms with E-state index in [1.807, 2.05) is 37.3 Å². The summed E-state index contributed by atoms with van der Waals surface area (Å²) in [6.45, 7) is 6.01. The van der Waals surface area contributed by atoms with Crippen LogP contribution in [0.2, 0.25) is 0 Å². The first-order chi connectivity index (χ1) is 8.68. The molecule has 2 heteroatoms. The third-order valence-corrected chi connectivity index (χ3v) is 4.91. The Bertz CT molecular complexity index is 671. The predicted octanol–water partition coefficient (Wildman–Crippen LogP) is 3.79. The van der Waals surface area contributed by atoms with Gasteiger partial charge in [0.25, 0.3) is 0 Å². The summed E-state index contributed by atoms with van der Waals surface area (Å²) in [5, 5.41) is 0. The zero-order valence-corrected chi connectivity index (χ0v) is 11.1. The topological polar surface area (TPSA) is 17.1 Å². The van der Waals surface area contributed by atoms with Gasteiger partial charge in [-0.3, -0.25) is 0 Å². The fraction of sp³-hybridized carbons (Fsp3) is 0.125. The molecule has 0 aromatic heterocycles. The molecule has 0 spiro atoms. The minimum Gasteiger partial charge on any atom is -0.249 e. The van der Waals surface area contributed by atoms with Gasteiger partial charge in [-0.15, -0.1) is 0 Å². The molecule has 18 heavy (non-hydrogen) atoms. The van der Waals surface area contributed by atoms with E-state index in [1.54, 1.807) is 0 Å². The monoisotopic (exact) mass is 254 g/mol. The van der Waals surface area contributed by atoms with Crippen molar-refractivity contribution in [3.05, 3.63) is 65.7 Å². The molecule has 0 radical (unpaired) electrons. The van der Waals surface area contributed by atoms with E-state index in [0.717, 1.165) is 32.9 Å². The Balaban J connectivity index is 2.25. The van der Waals surface area contributed by atoms with E-state index in [9.17, 15) is 4.21 Å². The molecule has 1 aliphatic rings. The number of benzene rings is 2. The van der Waals surface area contributed by atoms with Crippen LogP contribution >= 0.6 is 0 Å². The van der Waals surface area contributed by atoms with Gasteiger partial charge in [0.2, 0.25) is 0 Å². The van der Waals surface area contributed by atoms with Gasteiger partial charge in [0, 0.05) is 16.2 Å². The number of fused-ring (bicyclic) bond motifs is 2. The zero-order valence-electron chi connectivity index (χ0n) is 10.3. The van der Waals surface area contributed by atoms with Gasteiger partial charge in [-0.05, 0) is 35.7 Å². The number of hydrogen-bond acceptors (Lipinski definition) is 1. The van der Waals surface area contributed by atoms with Crippen LogP contribution in [0.5, 0.6) is 0 Å². The summed E-state index contributed by atoms with van der Waals surface area (Å²) >= 11 is 0. The normalized spacial score (nSPS) is 16.8. The van der Waals surface area contributed by atoms with Crippen molar-refractivity contribution < 1.29 is 4.21 Å². The quantitative estimate of drug-likeness (QED) is 0.645. The average molecular weight is 254 g/mol. The lowest BCUT2D eigenvalue weighted by molar-refractivity contribution is 0.679. The molecule has 1 heterocycles. The molecule has 0 aliphatic carbocycles. The van der Waals surface area contributed by atoms with Gasteiger partial charge in [0.15, 0.2) is 0 Å². The van der Waals surface area contributed by atoms with Crippen molar-refractivity contribution in [2.24, 2.45) is 0 Å². The average Bonchev–Trinajstić information content (AvgIpc) is 2.38. The first-order valence-electron chi connectivity index (χ1n) is 5.96. The van der Waals surface area contributed by atoms with Crippen molar-refractivity contribution in [2.45, 2.75) is 23.1 Å². The maximum atomic E-state index is 12.6. The number of allylic oxidation sites excluding steroid dienone is 1. The van der Waals surface area contributed by atoms with E-state index in [1.165, 1.54) is 5.56 Å². The van der Waals surface area contributed by atoms with Crippen molar-refractivity contribution in [3.63, 3.8) is 0 Å². The minimum atomic E-state index is -1.06. The van der Waals surface area contributed by atoms with Crippen LogP contribution < -0.4 is 0 Å². The molecule has 2 aromatic rings. The van der Waals surface area contributed by atoms with E-state index in [-0.39, 0.29) is 0 Å². The maximum absolute atomic E-state index is 12.6. The summed E-state index contributed by atoms with van der Waals surface area (Å²) in [5.74, 6) is 0. The van der Waals surface area contributed by atoms with E-state index >= 15 is 0 Å². The van der Waals surface area contributed by atoms with E-state index in [4.69, 9.17) is 0 Å². The molecule has 2 aromatic carbocycles. The highest BCUT2D eigenvalue weighted by Gasteiger charge is 2.23. The van der Waals surface area contributed by atoms with Crippen molar-refractivity contribution in [1.82, 2.24) is 0 Å². The molecule has 0 N–H and O–H groups in total. The lowest BCUT2D eigenvalue weighted by atomic mass is 9.96. The molecule has 0 bridgehead atoms. The Kier molecular flexibility index (Phi) is 2.67. The highest BCUT2D eigenvalue weighted by atomic mass is 32.2. The van der Waals surface area contributed by atoms with Crippen LogP contribution in [0.3, 0.4) is 0 Å². The lowest BCUT2D eigenvalue weighted by Crippen LogP contribution is -2.11. The second-order valence-electron chi connectivity index (χ2n) is 4.62. The molecule has 0 amide bonds. The predicted molar refractivity (Wildman–Crippen MR) is 75.1 cm³/mol. The Morgan fingerprint density at radius 2 is 1.83 bits per heavy atom. The molecule has 90 valence electrons. The second-order valence-corrected chi connectivity index (χ2v) is 6.03. The molecule has 1 unspecified atom stereocenters. The van der Waals surface area contributed by atoms with Crippen LogP contribution in [0.25, 0.3) is 5.57 Å². The smallest absolute Gasteiger partial charge is 0.0855 e. The fourth-order valence-electron chi connectivity index (χ4n) is 2.46. The summed E-state index contributed by atoms with van der Waals surface area (Å²) in [6.07, 6.45) is 0.847. The zero-order chi connectivity index (χ0) is 12.7. The Hall–Kier alpha value is -1.67. The van der Waals surface area contributed by atoms with Crippen molar-refractivity contribution >= 4 is 16.4 Å². The van der Waals surface area contributed by atoms with E-state index < -0.39 is 10.8 Å². The standard InChI is InChI=1S/C16H14OS/c1-11(2)13-7-5-9-16-14(13)10-12-6-3-4-8-15(12)18(16)17/h3-9H,1,10H2,2H3. The lowest BCUT2D eigenvalue weighted by Gasteiger charge is -2.21. The van der Waals surface area contributed by atoms with E-state index in [0.29, 0.717) is 0 Å². The molecule has 0 fully saturated rings. The van der Waals surface area contributed by atoms with E-state index in [2.05, 4.69) is 18.7 Å². The first kappa shape index (κ1) is 11.4. The molecule has 3 rings (SSSR count). The minimum absolute atomic E-state index is 0.847. The largest absolute Gasteiger partial charge is 0.249 e. The molecule has 1 atom stereocenters. The van der Waals surface area contributed by atoms with Gasteiger partial charge in [0.1, 0.15) is 0 Å². The third-order valence-electron chi connectivity index (χ3n) is 3.33. The Morgan fingerprint density at radius 3 is 2.61 bits per heavy atom. The third kappa shape index (κ3) is 1.65. The summed E-state index contributed by atoms with van der Waals surface area (Å²) in [6, 6.07) is 14.0. The van der Waals surface area contributed by atoms with Crippen LogP contribution in [0, 0.1) is 0 Å². The van der Waals surface area contributed by atoms with Gasteiger partial charge in [0.05, 0.1) is 10.8 Å². The summed E-state index contributed by atoms with van der Waals surface area (Å²) in [7, 11) is -1.06. The Morgan fingerprint density at radius 1 is 1.11 bits per heavy atom. The fourth-order valence-corrected chi connectivity index (χ4v) is 3.89. The van der Waals surface area contributed by atoms with Crippen LogP contribution in [0.15, 0.2) is 58.8 Å². The van der Waals surface area contributed by atoms with Crippen molar-refractivity contribution in [2.75, 3.05) is 0 Å². The number of hydrogen-bond donors (Lipinski definition) is 0. The number of rotatable bonds is 1. The molecule has 0 saturated carbocycles. The summed E-state index contributed by atoms with van der Waals surface area (Å²) in [4.78, 5) is 1.89. The maximum Gasteiger partial charge on any atom is 0.0855 e. The van der Waals surface area contributed by atoms with Gasteiger partial charge < -0.3 is 0 Å². The van der Waals surface area contributed by atoms with Gasteiger partial charge in [-0.1, -0.05) is 42.5 Å². The second kappa shape index (κ2) is 4.21. The highest BCUT2D eigenvalue weighted by Crippen LogP contribution is 2.34. The van der Waals surface area contributed by atoms with Crippen LogP contribution in [-0.4, -0.2) is 4.21 Å². The van der Waals surface area contributed by atoms with Crippen molar-refractivity contribution in [1.29, 1.82) is 0 Å². The molecular formula is C16H14OS. The summed E-state index contributed by atoms with van der Waals surface area (Å²) < 4.78 is 12.6. The van der Waals surface area contributed by atoms with Crippen LogP contribution in [0.1, 0.15) is 23.6 Å². The summed E-state index contributed by atoms with van der Waals surface area (Å²) in [5.41, 5.74) is 4.50. The molecule has 0 saturated heterocycles. The molecule has 1 nitrogen and oxygen atoms in total. The van der Waals surface area contributed by atoms with Gasteiger partial charge in [-0.25, -0.2) is 4.21 Å². The molecular weight excluding hydrogens is 240 g/mol. The molecule has 1 aliphatic heterocycles. The van der Waals surface area contributed by atoms with Gasteiger partial charge in [-0.2, -0.15) is 0 Å². The first-order valence-corrected chi connectivity index (χ1v) is 7.11. The SMILES string of the molecule is C=C(C)c1cccc2c1Cc1ccccc1S2=O. The Labute approximate surface area is 110 Å². The van der Waals surface area contributed by atoms with Gasteiger partial charge >= 0.3 is 0 Å². The van der Waals surface area contributed by atoms with Crippen molar-refractivity contribution in [3.8, 4) is 0 Å². The van der Waals surface area contributed by atoms with Crippen LogP contribution in [0.4, 0.5) is 0 Å². The van der Waals surface area contributed by atoms with Crippen LogP contribution in [-0.2, 0) is 17.2 Å².